The summed E-state index contributed by atoms with van der Waals surface area (Å²) in [7, 11) is 0. The Hall–Kier alpha value is -1.72. The van der Waals surface area contributed by atoms with Crippen molar-refractivity contribution >= 4 is 33.8 Å². The fourth-order valence-corrected chi connectivity index (χ4v) is 4.39. The molecule has 2 aromatic heterocycles. The van der Waals surface area contributed by atoms with E-state index in [4.69, 9.17) is 12.2 Å². The second-order valence-corrected chi connectivity index (χ2v) is 6.68. The molecule has 0 fully saturated rings. The van der Waals surface area contributed by atoms with Crippen LogP contribution in [0.3, 0.4) is 0 Å². The molecule has 1 aliphatic carbocycles. The first-order valence-electron chi connectivity index (χ1n) is 7.05. The van der Waals surface area contributed by atoms with Gasteiger partial charge in [0.15, 0.2) is 4.77 Å². The molecule has 5 heteroatoms. The van der Waals surface area contributed by atoms with E-state index in [2.05, 4.69) is 23.2 Å². The molecule has 1 unspecified atom stereocenters. The van der Waals surface area contributed by atoms with Gasteiger partial charge in [-0.25, -0.2) is 0 Å². The van der Waals surface area contributed by atoms with Crippen molar-refractivity contribution in [2.45, 2.75) is 25.3 Å². The van der Waals surface area contributed by atoms with E-state index in [-0.39, 0.29) is 11.6 Å². The van der Waals surface area contributed by atoms with Gasteiger partial charge in [0.1, 0.15) is 4.83 Å². The number of nitrogens with zero attached hydrogens (tertiary/aromatic N) is 1. The van der Waals surface area contributed by atoms with Crippen LogP contribution in [0.5, 0.6) is 0 Å². The van der Waals surface area contributed by atoms with E-state index in [0.29, 0.717) is 4.77 Å². The minimum absolute atomic E-state index is 0.0247. The quantitative estimate of drug-likeness (QED) is 0.688. The van der Waals surface area contributed by atoms with Crippen molar-refractivity contribution in [2.75, 3.05) is 0 Å². The summed E-state index contributed by atoms with van der Waals surface area (Å²) in [5.41, 5.74) is 2.59. The molecule has 2 heterocycles. The third kappa shape index (κ3) is 2.00. The number of rotatable bonds is 1. The topological polar surface area (TPSA) is 37.8 Å². The third-order valence-corrected chi connectivity index (χ3v) is 5.33. The maximum Gasteiger partial charge on any atom is 0.263 e. The first-order chi connectivity index (χ1) is 10.3. The number of aryl methyl sites for hydroxylation is 1. The number of benzene rings is 1. The van der Waals surface area contributed by atoms with E-state index in [1.807, 2.05) is 17.5 Å². The Morgan fingerprint density at radius 2 is 2.14 bits per heavy atom. The largest absolute Gasteiger partial charge is 0.323 e. The van der Waals surface area contributed by atoms with Crippen molar-refractivity contribution in [3.05, 3.63) is 62.0 Å². The predicted molar refractivity (Wildman–Crippen MR) is 88.8 cm³/mol. The Balaban J connectivity index is 2.00. The lowest BCUT2D eigenvalue weighted by Crippen LogP contribution is -2.29. The first kappa shape index (κ1) is 13.0. The van der Waals surface area contributed by atoms with Crippen LogP contribution in [-0.4, -0.2) is 9.55 Å². The molecule has 4 rings (SSSR count). The van der Waals surface area contributed by atoms with E-state index < -0.39 is 0 Å². The standard InChI is InChI=1S/C16H14N2OS2/c19-15-12-8-9-21-14(12)17-16(20)18(15)13-7-3-5-10-4-1-2-6-11(10)13/h1-2,4,6,8-9,13H,3,5,7H2,(H,17,20). The minimum Gasteiger partial charge on any atom is -0.323 e. The van der Waals surface area contributed by atoms with Crippen molar-refractivity contribution in [1.29, 1.82) is 0 Å². The average molecular weight is 314 g/mol. The van der Waals surface area contributed by atoms with Crippen molar-refractivity contribution in [3.8, 4) is 0 Å². The van der Waals surface area contributed by atoms with Crippen LogP contribution in [0.25, 0.3) is 10.2 Å². The lowest BCUT2D eigenvalue weighted by molar-refractivity contribution is 0.471. The zero-order chi connectivity index (χ0) is 14.4. The number of H-pyrrole nitrogens is 1. The highest BCUT2D eigenvalue weighted by molar-refractivity contribution is 7.71. The maximum absolute atomic E-state index is 12.8. The van der Waals surface area contributed by atoms with Gasteiger partial charge in [0, 0.05) is 0 Å². The van der Waals surface area contributed by atoms with Gasteiger partial charge in [-0.1, -0.05) is 24.3 Å². The molecule has 3 aromatic rings. The van der Waals surface area contributed by atoms with Gasteiger partial charge < -0.3 is 4.98 Å². The van der Waals surface area contributed by atoms with E-state index in [0.717, 1.165) is 29.5 Å². The Morgan fingerprint density at radius 1 is 1.29 bits per heavy atom. The lowest BCUT2D eigenvalue weighted by atomic mass is 9.87. The molecule has 1 atom stereocenters. The number of hydrogen-bond acceptors (Lipinski definition) is 3. The first-order valence-corrected chi connectivity index (χ1v) is 8.34. The summed E-state index contributed by atoms with van der Waals surface area (Å²) >= 11 is 6.98. The number of thiophene rings is 1. The molecule has 0 saturated carbocycles. The summed E-state index contributed by atoms with van der Waals surface area (Å²) in [6.07, 6.45) is 3.13. The summed E-state index contributed by atoms with van der Waals surface area (Å²) < 4.78 is 2.29. The molecule has 1 aliphatic rings. The predicted octanol–water partition coefficient (Wildman–Crippen LogP) is 4.05. The van der Waals surface area contributed by atoms with Crippen molar-refractivity contribution < 1.29 is 0 Å². The second-order valence-electron chi connectivity index (χ2n) is 5.38. The maximum atomic E-state index is 12.8. The zero-order valence-electron chi connectivity index (χ0n) is 11.3. The van der Waals surface area contributed by atoms with Gasteiger partial charge in [-0.2, -0.15) is 0 Å². The molecule has 0 saturated heterocycles. The summed E-state index contributed by atoms with van der Waals surface area (Å²) in [5.74, 6) is 0. The number of nitrogens with one attached hydrogen (secondary N) is 1. The molecule has 3 nitrogen and oxygen atoms in total. The SMILES string of the molecule is O=c1c2ccsc2[nH]c(=S)n1C1CCCc2ccccc21. The van der Waals surface area contributed by atoms with Crippen molar-refractivity contribution in [3.63, 3.8) is 0 Å². The number of hydrogen-bond donors (Lipinski definition) is 1. The summed E-state index contributed by atoms with van der Waals surface area (Å²) in [6, 6.07) is 10.3. The highest BCUT2D eigenvalue weighted by atomic mass is 32.1. The molecular weight excluding hydrogens is 300 g/mol. The van der Waals surface area contributed by atoms with Crippen LogP contribution in [0.4, 0.5) is 0 Å². The number of fused-ring (bicyclic) bond motifs is 2. The third-order valence-electron chi connectivity index (χ3n) is 4.20. The van der Waals surface area contributed by atoms with Gasteiger partial charge in [0.05, 0.1) is 11.4 Å². The van der Waals surface area contributed by atoms with Gasteiger partial charge in [0.25, 0.3) is 5.56 Å². The average Bonchev–Trinajstić information content (AvgIpc) is 2.96. The molecule has 106 valence electrons. The lowest BCUT2D eigenvalue weighted by Gasteiger charge is -2.27. The summed E-state index contributed by atoms with van der Waals surface area (Å²) in [5, 5.41) is 2.66. The smallest absolute Gasteiger partial charge is 0.263 e. The monoisotopic (exact) mass is 314 g/mol. The van der Waals surface area contributed by atoms with Crippen LogP contribution in [-0.2, 0) is 6.42 Å². The van der Waals surface area contributed by atoms with Gasteiger partial charge in [0.2, 0.25) is 0 Å². The van der Waals surface area contributed by atoms with Gasteiger partial charge >= 0.3 is 0 Å². The van der Waals surface area contributed by atoms with E-state index in [1.54, 1.807) is 4.57 Å². The molecule has 21 heavy (non-hydrogen) atoms. The molecule has 0 spiro atoms. The second kappa shape index (κ2) is 4.93. The van der Waals surface area contributed by atoms with Crippen LogP contribution >= 0.6 is 23.6 Å². The molecule has 0 aliphatic heterocycles. The fraction of sp³-hybridized carbons (Fsp3) is 0.250. The Morgan fingerprint density at radius 3 is 3.05 bits per heavy atom. The normalized spacial score (nSPS) is 17.8. The van der Waals surface area contributed by atoms with Crippen LogP contribution < -0.4 is 5.56 Å². The van der Waals surface area contributed by atoms with Crippen LogP contribution in [0.15, 0.2) is 40.5 Å². The zero-order valence-corrected chi connectivity index (χ0v) is 13.0. The number of aromatic amines is 1. The summed E-state index contributed by atoms with van der Waals surface area (Å²) in [6.45, 7) is 0. The summed E-state index contributed by atoms with van der Waals surface area (Å²) in [4.78, 5) is 16.9. The van der Waals surface area contributed by atoms with Crippen molar-refractivity contribution in [1.82, 2.24) is 9.55 Å². The Kier molecular flexibility index (Phi) is 3.05. The van der Waals surface area contributed by atoms with Crippen LogP contribution in [0.1, 0.15) is 30.0 Å². The van der Waals surface area contributed by atoms with Gasteiger partial charge in [-0.3, -0.25) is 9.36 Å². The molecule has 0 radical (unpaired) electrons. The van der Waals surface area contributed by atoms with Gasteiger partial charge in [-0.15, -0.1) is 11.3 Å². The molecule has 0 amide bonds. The number of aromatic nitrogens is 2. The highest BCUT2D eigenvalue weighted by Gasteiger charge is 2.23. The molecular formula is C16H14N2OS2. The van der Waals surface area contributed by atoms with Gasteiger partial charge in [-0.05, 0) is 54.1 Å². The minimum atomic E-state index is 0.0247. The Labute approximate surface area is 130 Å². The highest BCUT2D eigenvalue weighted by Crippen LogP contribution is 2.32. The van der Waals surface area contributed by atoms with Crippen LogP contribution in [0, 0.1) is 4.77 Å². The molecule has 1 aromatic carbocycles. The molecule has 1 N–H and O–H groups in total. The van der Waals surface area contributed by atoms with Crippen LogP contribution in [0.2, 0.25) is 0 Å². The van der Waals surface area contributed by atoms with E-state index in [9.17, 15) is 4.79 Å². The Bertz CT molecular complexity index is 935. The molecule has 0 bridgehead atoms. The van der Waals surface area contributed by atoms with Crippen molar-refractivity contribution in [2.24, 2.45) is 0 Å². The van der Waals surface area contributed by atoms with E-state index in [1.165, 1.54) is 22.5 Å². The fourth-order valence-electron chi connectivity index (χ4n) is 3.23. The van der Waals surface area contributed by atoms with E-state index >= 15 is 0 Å².